The molecule has 84 valence electrons. The summed E-state index contributed by atoms with van der Waals surface area (Å²) in [6.45, 7) is 0. The molecule has 2 aromatic rings. The molecule has 0 amide bonds. The molecule has 5 heteroatoms. The van der Waals surface area contributed by atoms with Crippen LogP contribution in [0.25, 0.3) is 10.8 Å². The zero-order chi connectivity index (χ0) is 12.0. The third-order valence-electron chi connectivity index (χ3n) is 2.00. The third kappa shape index (κ3) is 2.93. The van der Waals surface area contributed by atoms with E-state index in [-0.39, 0.29) is 0 Å². The maximum absolute atomic E-state index is 8.83. The van der Waals surface area contributed by atoms with E-state index in [1.807, 2.05) is 24.3 Å². The Labute approximate surface area is 101 Å². The van der Waals surface area contributed by atoms with Gasteiger partial charge in [-0.1, -0.05) is 30.3 Å². The van der Waals surface area contributed by atoms with Gasteiger partial charge in [0.25, 0.3) is 0 Å². The van der Waals surface area contributed by atoms with Crippen LogP contribution in [0, 0.1) is 4.91 Å². The summed E-state index contributed by atoms with van der Waals surface area (Å²) in [4.78, 5) is 12.6. The van der Waals surface area contributed by atoms with E-state index in [4.69, 9.17) is 10.6 Å². The Balaban J connectivity index is 0.000000280. The molecule has 0 heterocycles. The second-order valence-corrected chi connectivity index (χ2v) is 3.82. The van der Waals surface area contributed by atoms with Crippen LogP contribution in [0.1, 0.15) is 0 Å². The van der Waals surface area contributed by atoms with Crippen LogP contribution < -0.4 is 11.1 Å². The Hall–Kier alpha value is -1.62. The molecule has 0 spiro atoms. The highest BCUT2D eigenvalue weighted by Crippen LogP contribution is 2.28. The summed E-state index contributed by atoms with van der Waals surface area (Å²) in [5.74, 6) is 0. The zero-order valence-corrected chi connectivity index (χ0v) is 10.3. The predicted molar refractivity (Wildman–Crippen MR) is 67.4 cm³/mol. The molecular weight excluding hydrogens is 272 g/mol. The number of hydrogen-bond donors (Lipinski definition) is 2. The molecule has 0 saturated carbocycles. The molecular formula is C11H12BrN2O2+. The van der Waals surface area contributed by atoms with E-state index in [0.29, 0.717) is 0 Å². The first kappa shape index (κ1) is 12.4. The standard InChI is InChI=1S/C10H8BrN.CH4NO2/c11-9-6-5-7-3-1-2-4-8(7)10(9)12;1-4-2-3/h1-6H,12H2;2H,1H3/q;+1. The van der Waals surface area contributed by atoms with Crippen molar-refractivity contribution in [1.82, 2.24) is 0 Å². The lowest BCUT2D eigenvalue weighted by Gasteiger charge is -2.02. The van der Waals surface area contributed by atoms with Gasteiger partial charge in [0.1, 0.15) is 0 Å². The fraction of sp³-hybridized carbons (Fsp3) is 0.0909. The quantitative estimate of drug-likeness (QED) is 0.617. The highest BCUT2D eigenvalue weighted by molar-refractivity contribution is 9.10. The first-order valence-electron chi connectivity index (χ1n) is 4.53. The van der Waals surface area contributed by atoms with Crippen LogP contribution in [0.2, 0.25) is 0 Å². The van der Waals surface area contributed by atoms with Crippen LogP contribution >= 0.6 is 15.9 Å². The van der Waals surface area contributed by atoms with E-state index in [1.54, 1.807) is 0 Å². The highest BCUT2D eigenvalue weighted by Gasteiger charge is 1.99. The lowest BCUT2D eigenvalue weighted by atomic mass is 10.1. The summed E-state index contributed by atoms with van der Waals surface area (Å²) < 4.78 is 0.959. The zero-order valence-electron chi connectivity index (χ0n) is 8.74. The van der Waals surface area contributed by atoms with Crippen LogP contribution in [-0.4, -0.2) is 7.11 Å². The molecule has 0 aromatic heterocycles. The molecule has 2 aromatic carbocycles. The second kappa shape index (κ2) is 6.07. The summed E-state index contributed by atoms with van der Waals surface area (Å²) >= 11 is 3.39. The van der Waals surface area contributed by atoms with Crippen molar-refractivity contribution >= 4 is 32.4 Å². The van der Waals surface area contributed by atoms with Gasteiger partial charge in [-0.15, -0.1) is 0 Å². The van der Waals surface area contributed by atoms with Crippen LogP contribution in [0.4, 0.5) is 5.69 Å². The van der Waals surface area contributed by atoms with Crippen molar-refractivity contribution in [2.24, 2.45) is 0 Å². The molecule has 3 N–H and O–H groups in total. The molecule has 0 bridgehead atoms. The van der Waals surface area contributed by atoms with Crippen molar-refractivity contribution in [3.63, 3.8) is 0 Å². The van der Waals surface area contributed by atoms with Gasteiger partial charge in [0.15, 0.2) is 7.11 Å². The molecule has 0 saturated heterocycles. The predicted octanol–water partition coefficient (Wildman–Crippen LogP) is 1.58. The highest BCUT2D eigenvalue weighted by atomic mass is 79.9. The Bertz CT molecular complexity index is 488. The normalized spacial score (nSPS) is 9.12. The maximum Gasteiger partial charge on any atom is 0.200 e. The summed E-state index contributed by atoms with van der Waals surface area (Å²) in [6, 6.07) is 12.1. The van der Waals surface area contributed by atoms with Gasteiger partial charge < -0.3 is 5.73 Å². The molecule has 0 aliphatic rings. The van der Waals surface area contributed by atoms with Gasteiger partial charge in [0.05, 0.1) is 10.6 Å². The minimum absolute atomic E-state index is 0.813. The van der Waals surface area contributed by atoms with Gasteiger partial charge >= 0.3 is 0 Å². The monoisotopic (exact) mass is 283 g/mol. The number of rotatable bonds is 1. The number of hydrogen-bond acceptors (Lipinski definition) is 3. The molecule has 4 nitrogen and oxygen atoms in total. The van der Waals surface area contributed by atoms with Crippen molar-refractivity contribution < 1.29 is 10.2 Å². The van der Waals surface area contributed by atoms with Crippen LogP contribution in [0.3, 0.4) is 0 Å². The van der Waals surface area contributed by atoms with E-state index in [0.717, 1.165) is 15.5 Å². The van der Waals surface area contributed by atoms with Crippen LogP contribution in [0.15, 0.2) is 40.9 Å². The van der Waals surface area contributed by atoms with E-state index in [1.165, 1.54) is 17.8 Å². The topological polar surface area (TPSA) is 66.3 Å². The smallest absolute Gasteiger partial charge is 0.200 e. The molecule has 0 unspecified atom stereocenters. The van der Waals surface area contributed by atoms with Gasteiger partial charge in [-0.2, -0.15) is 0 Å². The minimum atomic E-state index is 0.813. The van der Waals surface area contributed by atoms with Crippen molar-refractivity contribution in [3.8, 4) is 0 Å². The van der Waals surface area contributed by atoms with Crippen molar-refractivity contribution in [2.45, 2.75) is 0 Å². The third-order valence-corrected chi connectivity index (χ3v) is 2.69. The second-order valence-electron chi connectivity index (χ2n) is 2.97. The fourth-order valence-corrected chi connectivity index (χ4v) is 1.61. The Morgan fingerprint density at radius 3 is 2.50 bits per heavy atom. The molecule has 0 atom stereocenters. The lowest BCUT2D eigenvalue weighted by Crippen LogP contribution is -2.61. The maximum atomic E-state index is 8.83. The minimum Gasteiger partial charge on any atom is -0.397 e. The molecule has 0 aliphatic carbocycles. The van der Waals surface area contributed by atoms with Crippen molar-refractivity contribution in [3.05, 3.63) is 45.8 Å². The van der Waals surface area contributed by atoms with E-state index in [9.17, 15) is 0 Å². The Kier molecular flexibility index (Phi) is 4.72. The Morgan fingerprint density at radius 1 is 1.25 bits per heavy atom. The van der Waals surface area contributed by atoms with Gasteiger partial charge in [-0.3, -0.25) is 0 Å². The summed E-state index contributed by atoms with van der Waals surface area (Å²) in [7, 11) is 1.26. The van der Waals surface area contributed by atoms with Gasteiger partial charge in [-0.05, 0) is 27.4 Å². The fourth-order valence-electron chi connectivity index (χ4n) is 1.27. The van der Waals surface area contributed by atoms with Crippen molar-refractivity contribution in [1.29, 1.82) is 0 Å². The number of nitrogens with one attached hydrogen (secondary N) is 1. The van der Waals surface area contributed by atoms with Gasteiger partial charge in [0, 0.05) is 9.86 Å². The molecule has 2 rings (SSSR count). The average molecular weight is 284 g/mol. The molecule has 16 heavy (non-hydrogen) atoms. The number of nitrogen functional groups attached to an aromatic ring is 1. The van der Waals surface area contributed by atoms with Crippen molar-refractivity contribution in [2.75, 3.05) is 12.8 Å². The summed E-state index contributed by atoms with van der Waals surface area (Å²) in [5, 5.41) is 3.46. The number of benzene rings is 2. The Morgan fingerprint density at radius 2 is 1.88 bits per heavy atom. The first-order valence-corrected chi connectivity index (χ1v) is 5.33. The van der Waals surface area contributed by atoms with E-state index in [2.05, 4.69) is 32.9 Å². The number of nitrogens with two attached hydrogens (primary N) is 1. The summed E-state index contributed by atoms with van der Waals surface area (Å²) in [5.41, 5.74) is 6.68. The number of anilines is 1. The first-order chi connectivity index (χ1) is 7.70. The molecule has 0 radical (unpaired) electrons. The number of halogens is 1. The number of fused-ring (bicyclic) bond motifs is 1. The largest absolute Gasteiger partial charge is 0.397 e. The molecule has 0 aliphatic heterocycles. The molecule has 0 fully saturated rings. The lowest BCUT2D eigenvalue weighted by molar-refractivity contribution is -0.761. The van der Waals surface area contributed by atoms with Crippen LogP contribution in [0.5, 0.6) is 0 Å². The SMILES string of the molecule is CO[NH+]=O.Nc1c(Br)ccc2ccccc12. The van der Waals surface area contributed by atoms with Crippen LogP contribution in [-0.2, 0) is 4.84 Å². The average Bonchev–Trinajstić information content (AvgIpc) is 2.35. The van der Waals surface area contributed by atoms with Gasteiger partial charge in [-0.25, -0.2) is 4.84 Å². The van der Waals surface area contributed by atoms with Gasteiger partial charge in [0.2, 0.25) is 5.34 Å². The van der Waals surface area contributed by atoms with E-state index >= 15 is 0 Å². The summed E-state index contributed by atoms with van der Waals surface area (Å²) in [6.07, 6.45) is 0. The van der Waals surface area contributed by atoms with E-state index < -0.39 is 0 Å².